The van der Waals surface area contributed by atoms with E-state index in [0.717, 1.165) is 11.8 Å². The molecule has 0 spiro atoms. The van der Waals surface area contributed by atoms with Crippen molar-refractivity contribution in [1.29, 1.82) is 0 Å². The van der Waals surface area contributed by atoms with Gasteiger partial charge in [-0.05, 0) is 83.6 Å². The van der Waals surface area contributed by atoms with Crippen molar-refractivity contribution in [3.63, 3.8) is 0 Å². The van der Waals surface area contributed by atoms with Crippen molar-refractivity contribution in [2.45, 2.75) is 77.0 Å². The second kappa shape index (κ2) is 7.83. The van der Waals surface area contributed by atoms with Gasteiger partial charge in [-0.1, -0.05) is 0 Å². The number of ether oxygens (including phenoxy) is 1. The first-order valence-corrected chi connectivity index (χ1v) is 9.44. The van der Waals surface area contributed by atoms with Gasteiger partial charge >= 0.3 is 5.97 Å². The molecule has 5 nitrogen and oxygen atoms in total. The average molecular weight is 373 g/mol. The van der Waals surface area contributed by atoms with Crippen LogP contribution in [0.5, 0.6) is 0 Å². The van der Waals surface area contributed by atoms with Gasteiger partial charge in [0, 0.05) is 6.04 Å². The molecule has 4 rings (SSSR count). The molecule has 4 fully saturated rings. The maximum atomic E-state index is 12.7. The molecule has 0 heterocycles. The quantitative estimate of drug-likeness (QED) is 0.728. The molecule has 0 aromatic rings. The predicted octanol–water partition coefficient (Wildman–Crippen LogP) is 2.67. The topological polar surface area (TPSA) is 67.4 Å². The van der Waals surface area contributed by atoms with E-state index < -0.39 is 11.6 Å². The third-order valence-corrected chi connectivity index (χ3v) is 5.99. The Labute approximate surface area is 157 Å². The van der Waals surface area contributed by atoms with Crippen LogP contribution in [0.1, 0.15) is 59.3 Å². The minimum Gasteiger partial charge on any atom is -0.460 e. The maximum Gasteiger partial charge on any atom is 0.308 e. The number of hydrogen-bond donors (Lipinski definition) is 2. The van der Waals surface area contributed by atoms with Gasteiger partial charge in [0.25, 0.3) is 0 Å². The Morgan fingerprint density at radius 2 is 1.56 bits per heavy atom. The number of halogens is 1. The first kappa shape index (κ1) is 20.5. The summed E-state index contributed by atoms with van der Waals surface area (Å²) in [7, 11) is 1.73. The third kappa shape index (κ3) is 4.88. The van der Waals surface area contributed by atoms with Crippen LogP contribution in [-0.4, -0.2) is 36.6 Å². The van der Waals surface area contributed by atoms with Gasteiger partial charge in [0.15, 0.2) is 0 Å². The molecule has 0 aromatic carbocycles. The molecule has 4 saturated carbocycles. The van der Waals surface area contributed by atoms with Crippen LogP contribution in [0, 0.1) is 23.7 Å². The summed E-state index contributed by atoms with van der Waals surface area (Å²) >= 11 is 0. The van der Waals surface area contributed by atoms with Crippen molar-refractivity contribution in [2.24, 2.45) is 23.7 Å². The second-order valence-corrected chi connectivity index (χ2v) is 9.10. The van der Waals surface area contributed by atoms with E-state index in [0.29, 0.717) is 17.9 Å². The standard InChI is InChI=1S/C19H32N2O3.ClH/c1-19(2,3)24-16(22)10-15(20-4)18(23)21-17-13-6-11-5-12(8-13)9-14(17)7-11;/h11-15,17,20H,5-10H2,1-4H3,(H,21,23);1H/t11?,12?,13?,14?,15-,17?;/m0./s1. The Hall–Kier alpha value is -0.810. The highest BCUT2D eigenvalue weighted by molar-refractivity contribution is 5.87. The lowest BCUT2D eigenvalue weighted by atomic mass is 9.54. The number of carbonyl (C=O) groups excluding carboxylic acids is 2. The molecular formula is C19H33ClN2O3. The molecule has 4 aliphatic rings. The fraction of sp³-hybridized carbons (Fsp3) is 0.895. The van der Waals surface area contributed by atoms with E-state index in [1.165, 1.54) is 32.1 Å². The third-order valence-electron chi connectivity index (χ3n) is 5.99. The Morgan fingerprint density at radius 1 is 1.04 bits per heavy atom. The molecule has 4 aliphatic carbocycles. The van der Waals surface area contributed by atoms with Crippen molar-refractivity contribution in [3.8, 4) is 0 Å². The van der Waals surface area contributed by atoms with Crippen molar-refractivity contribution in [3.05, 3.63) is 0 Å². The molecule has 0 aliphatic heterocycles. The van der Waals surface area contributed by atoms with Gasteiger partial charge in [0.1, 0.15) is 5.60 Å². The Balaban J connectivity index is 0.00000225. The van der Waals surface area contributed by atoms with Crippen LogP contribution < -0.4 is 10.6 Å². The number of amides is 1. The van der Waals surface area contributed by atoms with Crippen LogP contribution in [0.4, 0.5) is 0 Å². The molecule has 25 heavy (non-hydrogen) atoms. The Kier molecular flexibility index (Phi) is 6.42. The zero-order valence-electron chi connectivity index (χ0n) is 15.8. The van der Waals surface area contributed by atoms with Gasteiger partial charge in [0.05, 0.1) is 12.5 Å². The largest absolute Gasteiger partial charge is 0.460 e. The fourth-order valence-electron chi connectivity index (χ4n) is 5.30. The Bertz CT molecular complexity index is 475. The monoisotopic (exact) mass is 372 g/mol. The molecule has 4 bridgehead atoms. The van der Waals surface area contributed by atoms with Crippen molar-refractivity contribution in [2.75, 3.05) is 7.05 Å². The molecule has 0 saturated heterocycles. The van der Waals surface area contributed by atoms with E-state index >= 15 is 0 Å². The van der Waals surface area contributed by atoms with Crippen LogP contribution in [0.3, 0.4) is 0 Å². The van der Waals surface area contributed by atoms with Gasteiger partial charge in [0.2, 0.25) is 5.91 Å². The van der Waals surface area contributed by atoms with Crippen LogP contribution in [-0.2, 0) is 14.3 Å². The van der Waals surface area contributed by atoms with E-state index in [4.69, 9.17) is 4.74 Å². The zero-order valence-corrected chi connectivity index (χ0v) is 16.7. The number of hydrogen-bond acceptors (Lipinski definition) is 4. The lowest BCUT2D eigenvalue weighted by Gasteiger charge is -2.54. The van der Waals surface area contributed by atoms with Crippen LogP contribution in [0.25, 0.3) is 0 Å². The molecule has 0 unspecified atom stereocenters. The second-order valence-electron chi connectivity index (χ2n) is 9.10. The summed E-state index contributed by atoms with van der Waals surface area (Å²) in [6.45, 7) is 5.52. The molecule has 2 N–H and O–H groups in total. The first-order valence-electron chi connectivity index (χ1n) is 9.44. The molecular weight excluding hydrogens is 340 g/mol. The highest BCUT2D eigenvalue weighted by Gasteiger charge is 2.48. The average Bonchev–Trinajstić information content (AvgIpc) is 2.45. The van der Waals surface area contributed by atoms with E-state index in [1.807, 2.05) is 20.8 Å². The number of esters is 1. The zero-order chi connectivity index (χ0) is 17.5. The summed E-state index contributed by atoms with van der Waals surface area (Å²) in [6.07, 6.45) is 6.57. The summed E-state index contributed by atoms with van der Waals surface area (Å²) in [6, 6.07) is -0.211. The van der Waals surface area contributed by atoms with Crippen LogP contribution in [0.2, 0.25) is 0 Å². The van der Waals surface area contributed by atoms with Crippen molar-refractivity contribution >= 4 is 24.3 Å². The van der Waals surface area contributed by atoms with E-state index in [2.05, 4.69) is 10.6 Å². The normalized spacial score (nSPS) is 34.2. The van der Waals surface area contributed by atoms with Crippen molar-refractivity contribution in [1.82, 2.24) is 10.6 Å². The minimum atomic E-state index is -0.521. The van der Waals surface area contributed by atoms with Gasteiger partial charge in [-0.25, -0.2) is 0 Å². The molecule has 6 heteroatoms. The molecule has 1 amide bonds. The van der Waals surface area contributed by atoms with Gasteiger partial charge < -0.3 is 15.4 Å². The summed E-state index contributed by atoms with van der Waals surface area (Å²) < 4.78 is 5.35. The van der Waals surface area contributed by atoms with Crippen LogP contribution >= 0.6 is 12.4 Å². The molecule has 0 radical (unpaired) electrons. The van der Waals surface area contributed by atoms with E-state index in [1.54, 1.807) is 7.05 Å². The summed E-state index contributed by atoms with van der Waals surface area (Å²) in [5, 5.41) is 6.25. The Morgan fingerprint density at radius 3 is 2.00 bits per heavy atom. The van der Waals surface area contributed by atoms with Gasteiger partial charge in [-0.15, -0.1) is 12.4 Å². The molecule has 1 atom stereocenters. The number of carbonyl (C=O) groups is 2. The predicted molar refractivity (Wildman–Crippen MR) is 99.5 cm³/mol. The fourth-order valence-corrected chi connectivity index (χ4v) is 5.30. The van der Waals surface area contributed by atoms with Gasteiger partial charge in [-0.3, -0.25) is 9.59 Å². The summed E-state index contributed by atoms with van der Waals surface area (Å²) in [4.78, 5) is 24.7. The number of rotatable bonds is 5. The lowest BCUT2D eigenvalue weighted by molar-refractivity contribution is -0.156. The highest BCUT2D eigenvalue weighted by atomic mass is 35.5. The smallest absolute Gasteiger partial charge is 0.308 e. The molecule has 144 valence electrons. The maximum absolute atomic E-state index is 12.7. The van der Waals surface area contributed by atoms with E-state index in [9.17, 15) is 9.59 Å². The highest BCUT2D eigenvalue weighted by Crippen LogP contribution is 2.53. The lowest BCUT2D eigenvalue weighted by Crippen LogP contribution is -2.58. The van der Waals surface area contributed by atoms with E-state index in [-0.39, 0.29) is 30.7 Å². The number of likely N-dealkylation sites (N-methyl/N-ethyl adjacent to an activating group) is 1. The summed E-state index contributed by atoms with van der Waals surface area (Å²) in [5.41, 5.74) is -0.521. The summed E-state index contributed by atoms with van der Waals surface area (Å²) in [5.74, 6) is 2.68. The SMILES string of the molecule is CN[C@@H](CC(=O)OC(C)(C)C)C(=O)NC1C2CC3CC(C2)CC1C3.Cl. The molecule has 0 aromatic heterocycles. The van der Waals surface area contributed by atoms with Crippen LogP contribution in [0.15, 0.2) is 0 Å². The first-order chi connectivity index (χ1) is 11.2. The van der Waals surface area contributed by atoms with Gasteiger partial charge in [-0.2, -0.15) is 0 Å². The number of nitrogens with one attached hydrogen (secondary N) is 2. The minimum absolute atomic E-state index is 0. The van der Waals surface area contributed by atoms with Crippen molar-refractivity contribution < 1.29 is 14.3 Å².